The number of ether oxygens (including phenoxy) is 2. The van der Waals surface area contributed by atoms with Crippen LogP contribution in [0.4, 0.5) is 0 Å². The van der Waals surface area contributed by atoms with Crippen molar-refractivity contribution in [2.75, 3.05) is 13.7 Å². The SMILES string of the molecule is COc1cc(-n2ccnc(Sc3ccc(C)cc3)c2=O)ccc1OCC(C)(C)O. The zero-order valence-electron chi connectivity index (χ0n) is 16.9. The van der Waals surface area contributed by atoms with Crippen LogP contribution in [0, 0.1) is 6.92 Å². The van der Waals surface area contributed by atoms with Crippen LogP contribution in [0.1, 0.15) is 19.4 Å². The Labute approximate surface area is 174 Å². The first-order valence-corrected chi connectivity index (χ1v) is 9.94. The van der Waals surface area contributed by atoms with Crippen molar-refractivity contribution in [3.8, 4) is 17.2 Å². The van der Waals surface area contributed by atoms with E-state index in [9.17, 15) is 9.90 Å². The number of nitrogens with zero attached hydrogens (tertiary/aromatic N) is 2. The van der Waals surface area contributed by atoms with E-state index in [1.54, 1.807) is 44.4 Å². The van der Waals surface area contributed by atoms with E-state index in [0.717, 1.165) is 10.5 Å². The number of aryl methyl sites for hydroxylation is 1. The Balaban J connectivity index is 1.90. The maximum Gasteiger partial charge on any atom is 0.287 e. The molecule has 0 aliphatic heterocycles. The van der Waals surface area contributed by atoms with E-state index in [2.05, 4.69) is 4.98 Å². The van der Waals surface area contributed by atoms with Gasteiger partial charge in [0.05, 0.1) is 18.4 Å². The van der Waals surface area contributed by atoms with Gasteiger partial charge in [-0.3, -0.25) is 9.36 Å². The summed E-state index contributed by atoms with van der Waals surface area (Å²) in [5.41, 5.74) is 0.612. The van der Waals surface area contributed by atoms with E-state index in [-0.39, 0.29) is 12.2 Å². The first-order chi connectivity index (χ1) is 13.8. The molecule has 0 saturated heterocycles. The summed E-state index contributed by atoms with van der Waals surface area (Å²) in [6.07, 6.45) is 3.22. The van der Waals surface area contributed by atoms with Gasteiger partial charge in [-0.05, 0) is 45.0 Å². The second kappa shape index (κ2) is 8.71. The van der Waals surface area contributed by atoms with Gasteiger partial charge in [0.25, 0.3) is 5.56 Å². The Morgan fingerprint density at radius 3 is 2.52 bits per heavy atom. The molecule has 0 saturated carbocycles. The summed E-state index contributed by atoms with van der Waals surface area (Å²) in [6, 6.07) is 13.2. The number of aliphatic hydroxyl groups is 1. The Morgan fingerprint density at radius 2 is 1.86 bits per heavy atom. The van der Waals surface area contributed by atoms with Crippen molar-refractivity contribution in [2.24, 2.45) is 0 Å². The summed E-state index contributed by atoms with van der Waals surface area (Å²) < 4.78 is 12.6. The van der Waals surface area contributed by atoms with Crippen LogP contribution in [0.5, 0.6) is 11.5 Å². The average Bonchev–Trinajstić information content (AvgIpc) is 2.69. The van der Waals surface area contributed by atoms with Crippen molar-refractivity contribution in [3.63, 3.8) is 0 Å². The molecule has 7 heteroatoms. The number of aromatic nitrogens is 2. The molecule has 0 atom stereocenters. The second-order valence-corrected chi connectivity index (χ2v) is 8.32. The summed E-state index contributed by atoms with van der Waals surface area (Å²) in [6.45, 7) is 5.47. The Morgan fingerprint density at radius 1 is 1.14 bits per heavy atom. The molecule has 1 aromatic heterocycles. The van der Waals surface area contributed by atoms with Gasteiger partial charge in [-0.25, -0.2) is 4.98 Å². The first kappa shape index (κ1) is 21.0. The molecule has 0 unspecified atom stereocenters. The Kier molecular flexibility index (Phi) is 6.30. The highest BCUT2D eigenvalue weighted by Crippen LogP contribution is 2.30. The summed E-state index contributed by atoms with van der Waals surface area (Å²) in [4.78, 5) is 18.2. The van der Waals surface area contributed by atoms with Crippen LogP contribution in [0.15, 0.2) is 69.6 Å². The minimum absolute atomic E-state index is 0.120. The minimum atomic E-state index is -0.964. The highest BCUT2D eigenvalue weighted by atomic mass is 32.2. The highest BCUT2D eigenvalue weighted by molar-refractivity contribution is 7.99. The van der Waals surface area contributed by atoms with Gasteiger partial charge in [0, 0.05) is 23.4 Å². The summed E-state index contributed by atoms with van der Waals surface area (Å²) in [5, 5.41) is 10.2. The number of hydrogen-bond acceptors (Lipinski definition) is 6. The molecule has 3 aromatic rings. The third-order valence-corrected chi connectivity index (χ3v) is 5.03. The largest absolute Gasteiger partial charge is 0.493 e. The van der Waals surface area contributed by atoms with Gasteiger partial charge >= 0.3 is 0 Å². The highest BCUT2D eigenvalue weighted by Gasteiger charge is 2.16. The Bertz CT molecular complexity index is 1040. The number of rotatable bonds is 7. The fraction of sp³-hybridized carbons (Fsp3) is 0.273. The van der Waals surface area contributed by atoms with E-state index in [1.807, 2.05) is 31.2 Å². The topological polar surface area (TPSA) is 73.6 Å². The van der Waals surface area contributed by atoms with E-state index in [0.29, 0.717) is 22.2 Å². The van der Waals surface area contributed by atoms with Gasteiger partial charge in [-0.15, -0.1) is 0 Å². The van der Waals surface area contributed by atoms with Crippen molar-refractivity contribution in [2.45, 2.75) is 36.3 Å². The molecule has 29 heavy (non-hydrogen) atoms. The molecule has 2 aromatic carbocycles. The molecule has 0 bridgehead atoms. The second-order valence-electron chi connectivity index (χ2n) is 7.26. The molecule has 0 radical (unpaired) electrons. The average molecular weight is 413 g/mol. The number of methoxy groups -OCH3 is 1. The molecule has 3 rings (SSSR count). The maximum absolute atomic E-state index is 13.0. The zero-order chi connectivity index (χ0) is 21.0. The monoisotopic (exact) mass is 412 g/mol. The molecule has 1 N–H and O–H groups in total. The molecule has 0 amide bonds. The lowest BCUT2D eigenvalue weighted by molar-refractivity contribution is 0.0276. The maximum atomic E-state index is 13.0. The third kappa shape index (κ3) is 5.40. The van der Waals surface area contributed by atoms with E-state index >= 15 is 0 Å². The quantitative estimate of drug-likeness (QED) is 0.635. The van der Waals surface area contributed by atoms with Crippen molar-refractivity contribution < 1.29 is 14.6 Å². The van der Waals surface area contributed by atoms with Crippen LogP contribution in [0.3, 0.4) is 0 Å². The smallest absolute Gasteiger partial charge is 0.287 e. The summed E-state index contributed by atoms with van der Waals surface area (Å²) >= 11 is 1.33. The minimum Gasteiger partial charge on any atom is -0.493 e. The molecular formula is C22H24N2O4S. The molecule has 152 valence electrons. The fourth-order valence-corrected chi connectivity index (χ4v) is 3.36. The van der Waals surface area contributed by atoms with Crippen LogP contribution < -0.4 is 15.0 Å². The molecule has 1 heterocycles. The summed E-state index contributed by atoms with van der Waals surface area (Å²) in [7, 11) is 1.53. The van der Waals surface area contributed by atoms with Crippen molar-refractivity contribution in [1.82, 2.24) is 9.55 Å². The Hall–Kier alpha value is -2.77. The number of benzene rings is 2. The van der Waals surface area contributed by atoms with Gasteiger partial charge < -0.3 is 14.6 Å². The molecule has 0 aliphatic rings. The molecule has 0 spiro atoms. The lowest BCUT2D eigenvalue weighted by Crippen LogP contribution is -2.28. The van der Waals surface area contributed by atoms with Crippen molar-refractivity contribution in [1.29, 1.82) is 0 Å². The van der Waals surface area contributed by atoms with Gasteiger partial charge in [-0.1, -0.05) is 29.5 Å². The van der Waals surface area contributed by atoms with Gasteiger partial charge in [-0.2, -0.15) is 0 Å². The van der Waals surface area contributed by atoms with Crippen LogP contribution >= 0.6 is 11.8 Å². The predicted molar refractivity (Wildman–Crippen MR) is 113 cm³/mol. The molecule has 0 aliphatic carbocycles. The van der Waals surface area contributed by atoms with Crippen molar-refractivity contribution in [3.05, 3.63) is 70.8 Å². The molecule has 0 fully saturated rings. The van der Waals surface area contributed by atoms with E-state index in [4.69, 9.17) is 9.47 Å². The number of hydrogen-bond donors (Lipinski definition) is 1. The fourth-order valence-electron chi connectivity index (χ4n) is 2.56. The first-order valence-electron chi connectivity index (χ1n) is 9.12. The third-order valence-electron chi connectivity index (χ3n) is 4.05. The van der Waals surface area contributed by atoms with Crippen LogP contribution in [0.2, 0.25) is 0 Å². The molecular weight excluding hydrogens is 388 g/mol. The molecule has 6 nitrogen and oxygen atoms in total. The van der Waals surface area contributed by atoms with Crippen LogP contribution in [-0.4, -0.2) is 34.0 Å². The van der Waals surface area contributed by atoms with Crippen molar-refractivity contribution >= 4 is 11.8 Å². The van der Waals surface area contributed by atoms with Crippen LogP contribution in [0.25, 0.3) is 5.69 Å². The lowest BCUT2D eigenvalue weighted by atomic mass is 10.2. The zero-order valence-corrected chi connectivity index (χ0v) is 17.7. The van der Waals surface area contributed by atoms with Gasteiger partial charge in [0.2, 0.25) is 0 Å². The van der Waals surface area contributed by atoms with E-state index < -0.39 is 5.60 Å². The van der Waals surface area contributed by atoms with Gasteiger partial charge in [0.15, 0.2) is 16.5 Å². The standard InChI is InChI=1S/C22H24N2O4S/c1-15-5-8-17(9-6-15)29-20-21(25)24(12-11-23-20)16-7-10-18(19(13-16)27-4)28-14-22(2,3)26/h5-13,26H,14H2,1-4H3. The predicted octanol–water partition coefficient (Wildman–Crippen LogP) is 3.85. The van der Waals surface area contributed by atoms with E-state index in [1.165, 1.54) is 23.4 Å². The van der Waals surface area contributed by atoms with Gasteiger partial charge in [0.1, 0.15) is 6.61 Å². The summed E-state index contributed by atoms with van der Waals surface area (Å²) in [5.74, 6) is 0.970. The lowest BCUT2D eigenvalue weighted by Gasteiger charge is -2.19. The van der Waals surface area contributed by atoms with Crippen LogP contribution in [-0.2, 0) is 0 Å². The normalized spacial score (nSPS) is 11.3.